The van der Waals surface area contributed by atoms with E-state index in [2.05, 4.69) is 13.8 Å². The first-order valence-electron chi connectivity index (χ1n) is 10.7. The van der Waals surface area contributed by atoms with E-state index in [1.807, 2.05) is 12.1 Å². The lowest BCUT2D eigenvalue weighted by atomic mass is 10.0. The van der Waals surface area contributed by atoms with Crippen LogP contribution in [0.1, 0.15) is 107 Å². The number of carbonyl (C=O) groups excluding carboxylic acids is 1. The smallest absolute Gasteiger partial charge is 0.341 e. The van der Waals surface area contributed by atoms with Crippen LogP contribution in [-0.4, -0.2) is 17.7 Å². The van der Waals surface area contributed by atoms with Crippen molar-refractivity contribution in [1.82, 2.24) is 0 Å². The number of phenols is 1. The zero-order chi connectivity index (χ0) is 19.0. The first-order valence-corrected chi connectivity index (χ1v) is 10.7. The van der Waals surface area contributed by atoms with E-state index in [9.17, 15) is 9.90 Å². The van der Waals surface area contributed by atoms with Crippen LogP contribution < -0.4 is 0 Å². The van der Waals surface area contributed by atoms with Gasteiger partial charge in [0.15, 0.2) is 0 Å². The van der Waals surface area contributed by atoms with Crippen LogP contribution >= 0.6 is 0 Å². The number of esters is 1. The average molecular weight is 363 g/mol. The van der Waals surface area contributed by atoms with Crippen molar-refractivity contribution in [2.75, 3.05) is 6.61 Å². The van der Waals surface area contributed by atoms with Gasteiger partial charge in [-0.2, -0.15) is 0 Å². The number of carbonyl (C=O) groups is 1. The predicted octanol–water partition coefficient (Wildman–Crippen LogP) is 6.81. The van der Waals surface area contributed by atoms with E-state index in [0.717, 1.165) is 37.7 Å². The fourth-order valence-electron chi connectivity index (χ4n) is 3.18. The minimum Gasteiger partial charge on any atom is -0.507 e. The summed E-state index contributed by atoms with van der Waals surface area (Å²) in [5.74, 6) is -0.300. The van der Waals surface area contributed by atoms with E-state index < -0.39 is 5.97 Å². The Balaban J connectivity index is 2.27. The molecule has 0 radical (unpaired) electrons. The summed E-state index contributed by atoms with van der Waals surface area (Å²) < 4.78 is 5.35. The third-order valence-electron chi connectivity index (χ3n) is 4.87. The minimum absolute atomic E-state index is 0.102. The summed E-state index contributed by atoms with van der Waals surface area (Å²) in [6.07, 6.45) is 15.1. The molecule has 1 aromatic rings. The molecule has 0 aliphatic carbocycles. The van der Waals surface area contributed by atoms with Gasteiger partial charge in [-0.15, -0.1) is 0 Å². The zero-order valence-electron chi connectivity index (χ0n) is 16.9. The highest BCUT2D eigenvalue weighted by molar-refractivity contribution is 5.92. The molecular formula is C23H38O3. The maximum Gasteiger partial charge on any atom is 0.341 e. The SMILES string of the molecule is CCCCCCCCCCOC(=O)c1cccc(CCCCCC)c1O. The quantitative estimate of drug-likeness (QED) is 0.275. The van der Waals surface area contributed by atoms with Crippen molar-refractivity contribution in [1.29, 1.82) is 0 Å². The van der Waals surface area contributed by atoms with E-state index in [1.54, 1.807) is 6.07 Å². The van der Waals surface area contributed by atoms with Crippen molar-refractivity contribution in [2.45, 2.75) is 97.3 Å². The second kappa shape index (κ2) is 14.6. The lowest BCUT2D eigenvalue weighted by molar-refractivity contribution is 0.0494. The molecule has 0 bridgehead atoms. The molecule has 1 aromatic carbocycles. The molecule has 26 heavy (non-hydrogen) atoms. The average Bonchev–Trinajstić information content (AvgIpc) is 2.65. The highest BCUT2D eigenvalue weighted by atomic mass is 16.5. The van der Waals surface area contributed by atoms with Gasteiger partial charge in [0.05, 0.1) is 6.61 Å². The van der Waals surface area contributed by atoms with Gasteiger partial charge in [0.25, 0.3) is 0 Å². The minimum atomic E-state index is -0.402. The lowest BCUT2D eigenvalue weighted by Crippen LogP contribution is -2.07. The molecule has 0 aliphatic rings. The van der Waals surface area contributed by atoms with Crippen LogP contribution in [0.3, 0.4) is 0 Å². The summed E-state index contributed by atoms with van der Waals surface area (Å²) in [6.45, 7) is 4.85. The predicted molar refractivity (Wildman–Crippen MR) is 109 cm³/mol. The van der Waals surface area contributed by atoms with Crippen LogP contribution in [0.15, 0.2) is 18.2 Å². The molecule has 0 aromatic heterocycles. The number of hydrogen-bond donors (Lipinski definition) is 1. The Morgan fingerprint density at radius 3 is 2.08 bits per heavy atom. The van der Waals surface area contributed by atoms with E-state index in [-0.39, 0.29) is 5.75 Å². The largest absolute Gasteiger partial charge is 0.507 e. The summed E-state index contributed by atoms with van der Waals surface area (Å²) in [6, 6.07) is 5.39. The fourth-order valence-corrected chi connectivity index (χ4v) is 3.18. The summed E-state index contributed by atoms with van der Waals surface area (Å²) in [7, 11) is 0. The molecule has 0 heterocycles. The molecule has 0 saturated carbocycles. The Kier molecular flexibility index (Phi) is 12.7. The molecule has 0 unspecified atom stereocenters. The molecule has 0 amide bonds. The molecule has 3 heteroatoms. The fraction of sp³-hybridized carbons (Fsp3) is 0.696. The molecule has 1 rings (SSSR count). The van der Waals surface area contributed by atoms with Crippen molar-refractivity contribution in [3.05, 3.63) is 29.3 Å². The van der Waals surface area contributed by atoms with E-state index in [4.69, 9.17) is 4.74 Å². The van der Waals surface area contributed by atoms with E-state index >= 15 is 0 Å². The van der Waals surface area contributed by atoms with Gasteiger partial charge in [0.2, 0.25) is 0 Å². The number of phenolic OH excluding ortho intramolecular Hbond substituents is 1. The van der Waals surface area contributed by atoms with Crippen LogP contribution in [0.25, 0.3) is 0 Å². The summed E-state index contributed by atoms with van der Waals surface area (Å²) in [5, 5.41) is 10.4. The molecule has 3 nitrogen and oxygen atoms in total. The van der Waals surface area contributed by atoms with Crippen LogP contribution in [0.2, 0.25) is 0 Å². The molecule has 1 N–H and O–H groups in total. The lowest BCUT2D eigenvalue weighted by Gasteiger charge is -2.10. The normalized spacial score (nSPS) is 10.8. The van der Waals surface area contributed by atoms with Gasteiger partial charge in [-0.3, -0.25) is 0 Å². The Labute approximate surface area is 160 Å². The number of hydrogen-bond acceptors (Lipinski definition) is 3. The molecule has 0 saturated heterocycles. The van der Waals surface area contributed by atoms with Crippen LogP contribution in [0.4, 0.5) is 0 Å². The first-order chi connectivity index (χ1) is 12.7. The van der Waals surface area contributed by atoms with Gasteiger partial charge in [-0.1, -0.05) is 90.2 Å². The van der Waals surface area contributed by atoms with E-state index in [1.165, 1.54) is 51.4 Å². The number of para-hydroxylation sites is 1. The molecule has 148 valence electrons. The standard InChI is InChI=1S/C23H38O3/c1-3-5-7-9-10-11-12-14-19-26-23(25)21-18-15-17-20(22(21)24)16-13-8-6-4-2/h15,17-18,24H,3-14,16,19H2,1-2H3. The zero-order valence-corrected chi connectivity index (χ0v) is 16.9. The van der Waals surface area contributed by atoms with Gasteiger partial charge in [-0.05, 0) is 30.9 Å². The van der Waals surface area contributed by atoms with Gasteiger partial charge < -0.3 is 9.84 Å². The van der Waals surface area contributed by atoms with Gasteiger partial charge >= 0.3 is 5.97 Å². The number of benzene rings is 1. The second-order valence-corrected chi connectivity index (χ2v) is 7.23. The molecular weight excluding hydrogens is 324 g/mol. The number of aryl methyl sites for hydroxylation is 1. The Bertz CT molecular complexity index is 496. The monoisotopic (exact) mass is 362 g/mol. The topological polar surface area (TPSA) is 46.5 Å². The number of rotatable bonds is 15. The number of aromatic hydroxyl groups is 1. The Hall–Kier alpha value is -1.51. The third kappa shape index (κ3) is 9.26. The van der Waals surface area contributed by atoms with Gasteiger partial charge in [0, 0.05) is 0 Å². The number of unbranched alkanes of at least 4 members (excludes halogenated alkanes) is 10. The Morgan fingerprint density at radius 2 is 1.42 bits per heavy atom. The highest BCUT2D eigenvalue weighted by Crippen LogP contribution is 2.25. The molecule has 0 fully saturated rings. The maximum atomic E-state index is 12.2. The van der Waals surface area contributed by atoms with Crippen molar-refractivity contribution in [2.24, 2.45) is 0 Å². The summed E-state index contributed by atoms with van der Waals surface area (Å²) in [4.78, 5) is 12.2. The van der Waals surface area contributed by atoms with Crippen molar-refractivity contribution < 1.29 is 14.6 Å². The summed E-state index contributed by atoms with van der Waals surface area (Å²) in [5.41, 5.74) is 1.15. The van der Waals surface area contributed by atoms with Crippen molar-refractivity contribution >= 4 is 5.97 Å². The van der Waals surface area contributed by atoms with Crippen molar-refractivity contribution in [3.63, 3.8) is 0 Å². The van der Waals surface area contributed by atoms with Crippen LogP contribution in [-0.2, 0) is 11.2 Å². The van der Waals surface area contributed by atoms with Crippen LogP contribution in [0.5, 0.6) is 5.75 Å². The molecule has 0 atom stereocenters. The van der Waals surface area contributed by atoms with Crippen molar-refractivity contribution in [3.8, 4) is 5.75 Å². The van der Waals surface area contributed by atoms with E-state index in [0.29, 0.717) is 12.2 Å². The number of ether oxygens (including phenoxy) is 1. The maximum absolute atomic E-state index is 12.2. The van der Waals surface area contributed by atoms with Gasteiger partial charge in [-0.25, -0.2) is 4.79 Å². The Morgan fingerprint density at radius 1 is 0.846 bits per heavy atom. The second-order valence-electron chi connectivity index (χ2n) is 7.23. The molecule has 0 spiro atoms. The summed E-state index contributed by atoms with van der Waals surface area (Å²) >= 11 is 0. The highest BCUT2D eigenvalue weighted by Gasteiger charge is 2.15. The van der Waals surface area contributed by atoms with Gasteiger partial charge in [0.1, 0.15) is 11.3 Å². The van der Waals surface area contributed by atoms with Crippen LogP contribution in [0, 0.1) is 0 Å². The first kappa shape index (κ1) is 22.5. The third-order valence-corrected chi connectivity index (χ3v) is 4.87. The molecule has 0 aliphatic heterocycles.